The van der Waals surface area contributed by atoms with Gasteiger partial charge in [-0.25, -0.2) is 0 Å². The summed E-state index contributed by atoms with van der Waals surface area (Å²) < 4.78 is 1.40. The van der Waals surface area contributed by atoms with Crippen LogP contribution in [-0.2, 0) is 9.59 Å². The zero-order valence-corrected chi connectivity index (χ0v) is 46.0. The third-order valence-corrected chi connectivity index (χ3v) is 18.0. The van der Waals surface area contributed by atoms with Crippen molar-refractivity contribution >= 4 is 58.3 Å². The Morgan fingerprint density at radius 1 is 0.390 bits per heavy atom. The second-order valence-corrected chi connectivity index (χ2v) is 24.4. The molecule has 0 aromatic rings. The fourth-order valence-electron chi connectivity index (χ4n) is 8.37. The normalized spacial score (nSPS) is 15.3. The van der Waals surface area contributed by atoms with Crippen molar-refractivity contribution in [2.24, 2.45) is 23.7 Å². The van der Waals surface area contributed by atoms with Crippen LogP contribution in [0.15, 0.2) is 0 Å². The Morgan fingerprint density at radius 2 is 0.610 bits per heavy atom. The van der Waals surface area contributed by atoms with Crippen LogP contribution in [0.2, 0.25) is 8.87 Å². The first-order chi connectivity index (χ1) is 28.3. The maximum absolute atomic E-state index is 11.7. The van der Waals surface area contributed by atoms with E-state index < -0.39 is 21.4 Å². The van der Waals surface area contributed by atoms with E-state index in [-0.39, 0.29) is 21.1 Å². The first-order valence-corrected chi connectivity index (χ1v) is 30.8. The van der Waals surface area contributed by atoms with Gasteiger partial charge in [-0.3, -0.25) is 0 Å². The molecule has 0 aromatic heterocycles. The first-order valence-electron chi connectivity index (χ1n) is 25.9. The predicted octanol–water partition coefficient (Wildman–Crippen LogP) is 15.5. The van der Waals surface area contributed by atoms with Gasteiger partial charge in [0.25, 0.3) is 0 Å². The van der Waals surface area contributed by atoms with Crippen molar-refractivity contribution in [3.63, 3.8) is 0 Å². The molecule has 0 spiro atoms. The van der Waals surface area contributed by atoms with Gasteiger partial charge < -0.3 is 19.8 Å². The fourth-order valence-corrected chi connectivity index (χ4v) is 13.0. The Bertz CT molecular complexity index is 796. The van der Waals surface area contributed by atoms with E-state index in [2.05, 4.69) is 94.5 Å². The minimum atomic E-state index is -0.976. The van der Waals surface area contributed by atoms with Crippen LogP contribution in [0.25, 0.3) is 0 Å². The molecule has 0 radical (unpaired) electrons. The summed E-state index contributed by atoms with van der Waals surface area (Å²) >= 11 is 9.24. The third-order valence-electron chi connectivity index (χ3n) is 12.9. The molecule has 0 fully saturated rings. The average Bonchev–Trinajstić information content (AvgIpc) is 3.23. The van der Waals surface area contributed by atoms with Crippen LogP contribution in [-0.4, -0.2) is 42.6 Å². The Kier molecular flexibility index (Phi) is 48.6. The van der Waals surface area contributed by atoms with Crippen molar-refractivity contribution in [1.29, 1.82) is 0 Å². The van der Waals surface area contributed by atoms with Gasteiger partial charge in [-0.05, 0) is 49.4 Å². The van der Waals surface area contributed by atoms with E-state index in [1.54, 1.807) is 21.7 Å². The van der Waals surface area contributed by atoms with Crippen LogP contribution >= 0.6 is 25.3 Å². The SMILES string of the molecule is CCCCC(CC)CC(S)(CC(CC)CCCC)C(=O)[O-].CCCCC(CC)CC(S)(CC(CC)CCCC)C(=O)[O-].CCCCCCC[CH2][Sn+2][CH2]CCCCCCC. The summed E-state index contributed by atoms with van der Waals surface area (Å²) in [6.07, 6.45) is 38.3. The Morgan fingerprint density at radius 3 is 0.814 bits per heavy atom. The summed E-state index contributed by atoms with van der Waals surface area (Å²) in [4.78, 5) is 23.4. The molecule has 0 rings (SSSR count). The topological polar surface area (TPSA) is 80.3 Å². The van der Waals surface area contributed by atoms with Crippen molar-refractivity contribution in [3.05, 3.63) is 0 Å². The van der Waals surface area contributed by atoms with E-state index in [1.165, 1.54) is 89.9 Å². The summed E-state index contributed by atoms with van der Waals surface area (Å²) in [5.41, 5.74) is 0. The molecule has 0 aliphatic rings. The summed E-state index contributed by atoms with van der Waals surface area (Å²) in [7, 11) is 0. The van der Waals surface area contributed by atoms with E-state index >= 15 is 0 Å². The van der Waals surface area contributed by atoms with Crippen molar-refractivity contribution in [2.45, 2.75) is 293 Å². The number of carbonyl (C=O) groups is 2. The number of carboxylic acids is 2. The summed E-state index contributed by atoms with van der Waals surface area (Å²) in [5, 5.41) is 23.4. The molecule has 4 nitrogen and oxygen atoms in total. The van der Waals surface area contributed by atoms with E-state index in [0.717, 1.165) is 77.0 Å². The minimum absolute atomic E-state index is 0.0736. The number of carbonyl (C=O) groups excluding carboxylic acids is 2. The van der Waals surface area contributed by atoms with Crippen LogP contribution < -0.4 is 10.2 Å². The number of hydrogen-bond acceptors (Lipinski definition) is 6. The molecular weight excluding hydrogens is 871 g/mol. The molecule has 0 saturated carbocycles. The molecule has 0 N–H and O–H groups in total. The van der Waals surface area contributed by atoms with Crippen LogP contribution in [0.5, 0.6) is 0 Å². The van der Waals surface area contributed by atoms with Crippen LogP contribution in [0.3, 0.4) is 0 Å². The van der Waals surface area contributed by atoms with Crippen LogP contribution in [0.4, 0.5) is 0 Å². The van der Waals surface area contributed by atoms with Crippen molar-refractivity contribution in [3.8, 4) is 0 Å². The molecule has 0 aromatic carbocycles. The second-order valence-electron chi connectivity index (χ2n) is 18.4. The molecule has 4 unspecified atom stereocenters. The monoisotopic (exact) mass is 977 g/mol. The zero-order chi connectivity index (χ0) is 45.2. The van der Waals surface area contributed by atoms with E-state index in [9.17, 15) is 19.8 Å². The van der Waals surface area contributed by atoms with E-state index in [4.69, 9.17) is 0 Å². The van der Waals surface area contributed by atoms with E-state index in [0.29, 0.717) is 49.4 Å². The van der Waals surface area contributed by atoms with Crippen LogP contribution in [0.1, 0.15) is 275 Å². The van der Waals surface area contributed by atoms with Gasteiger partial charge in [-0.2, -0.15) is 25.3 Å². The zero-order valence-electron chi connectivity index (χ0n) is 41.4. The van der Waals surface area contributed by atoms with Gasteiger partial charge in [0.15, 0.2) is 0 Å². The fraction of sp³-hybridized carbons (Fsp3) is 0.962. The van der Waals surface area contributed by atoms with Crippen molar-refractivity contribution in [2.75, 3.05) is 0 Å². The predicted molar refractivity (Wildman–Crippen MR) is 267 cm³/mol. The second kappa shape index (κ2) is 45.0. The number of thiol groups is 2. The molecule has 352 valence electrons. The van der Waals surface area contributed by atoms with Crippen molar-refractivity contribution < 1.29 is 19.8 Å². The molecule has 59 heavy (non-hydrogen) atoms. The summed E-state index contributed by atoms with van der Waals surface area (Å²) in [5.74, 6) is -0.160. The standard InChI is InChI=1S/2C18H36O2S.2C8H17.Sn/c2*1-5-9-11-15(7-3)13-18(21,17(19)20)14-16(8-4)12-10-6-2;2*1-3-5-7-8-6-4-2;/h2*15-16,21H,5-14H2,1-4H3,(H,19,20);2*1,3-8H2,2H3;/q;;;;+2/p-2. The average molecular weight is 976 g/mol. The summed E-state index contributed by atoms with van der Waals surface area (Å²) in [6, 6.07) is 0. The van der Waals surface area contributed by atoms with Gasteiger partial charge in [-0.15, -0.1) is 0 Å². The molecule has 0 bridgehead atoms. The number of aliphatic carboxylic acids is 2. The van der Waals surface area contributed by atoms with Gasteiger partial charge in [-0.1, -0.05) is 158 Å². The quantitative estimate of drug-likeness (QED) is 0.0364. The number of rotatable bonds is 40. The third kappa shape index (κ3) is 37.5. The molecule has 7 heteroatoms. The number of hydrogen-bond donors (Lipinski definition) is 2. The number of unbranched alkanes of at least 4 members (excludes halogenated alkanes) is 14. The molecule has 0 aliphatic heterocycles. The Hall–Kier alpha value is 0.439. The van der Waals surface area contributed by atoms with Gasteiger partial charge in [0, 0.05) is 0 Å². The summed E-state index contributed by atoms with van der Waals surface area (Å²) in [6.45, 7) is 21.9. The molecule has 0 heterocycles. The van der Waals surface area contributed by atoms with Gasteiger partial charge in [0.2, 0.25) is 0 Å². The Labute approximate surface area is 392 Å². The number of carboxylic acid groups (broad SMARTS) is 2. The van der Waals surface area contributed by atoms with Crippen LogP contribution in [0, 0.1) is 23.7 Å². The van der Waals surface area contributed by atoms with Gasteiger partial charge in [0.05, 0.1) is 21.4 Å². The first kappa shape index (κ1) is 63.7. The Balaban J connectivity index is -0.000000803. The van der Waals surface area contributed by atoms with E-state index in [1.807, 2.05) is 0 Å². The molecule has 0 saturated heterocycles. The molecular formula is C52H104O4S2Sn. The van der Waals surface area contributed by atoms with Gasteiger partial charge >= 0.3 is 121 Å². The molecule has 4 atom stereocenters. The van der Waals surface area contributed by atoms with Gasteiger partial charge in [0.1, 0.15) is 0 Å². The molecule has 0 amide bonds. The van der Waals surface area contributed by atoms with Crippen molar-refractivity contribution in [1.82, 2.24) is 0 Å². The molecule has 0 aliphatic carbocycles. The maximum atomic E-state index is 11.7.